The topological polar surface area (TPSA) is 96.9 Å². The third-order valence-electron chi connectivity index (χ3n) is 5.06. The van der Waals surface area contributed by atoms with Crippen LogP contribution < -0.4 is 14.8 Å². The highest BCUT2D eigenvalue weighted by Gasteiger charge is 2.46. The van der Waals surface area contributed by atoms with Crippen LogP contribution in [-0.2, 0) is 21.2 Å². The van der Waals surface area contributed by atoms with Crippen molar-refractivity contribution in [3.63, 3.8) is 0 Å². The van der Waals surface area contributed by atoms with E-state index in [0.29, 0.717) is 29.4 Å². The van der Waals surface area contributed by atoms with Crippen LogP contribution in [0, 0.1) is 5.82 Å². The van der Waals surface area contributed by atoms with E-state index < -0.39 is 15.5 Å². The van der Waals surface area contributed by atoms with Gasteiger partial charge in [-0.3, -0.25) is 9.52 Å². The Morgan fingerprint density at radius 2 is 1.63 bits per heavy atom. The van der Waals surface area contributed by atoms with Gasteiger partial charge >= 0.3 is 15.5 Å². The molecular weight excluding hydrogens is 546 g/mol. The maximum absolute atomic E-state index is 13.0. The van der Waals surface area contributed by atoms with Gasteiger partial charge in [-0.05, 0) is 77.5 Å². The van der Waals surface area contributed by atoms with E-state index in [2.05, 4.69) is 10.3 Å². The third-order valence-corrected chi connectivity index (χ3v) is 7.08. The monoisotopic (exact) mass is 565 g/mol. The minimum atomic E-state index is -5.52. The average Bonchev–Trinajstić information content (AvgIpc) is 3.20. The number of carbonyl (C=O) groups is 1. The first kappa shape index (κ1) is 27.2. The van der Waals surface area contributed by atoms with Crippen LogP contribution >= 0.6 is 11.8 Å². The molecular formula is C25H19F4N3O4S2. The normalized spacial score (nSPS) is 16.1. The molecule has 1 saturated heterocycles. The molecule has 2 N–H and O–H groups in total. The average molecular weight is 566 g/mol. The lowest BCUT2D eigenvalue weighted by Gasteiger charge is -2.10. The molecule has 4 rings (SSSR count). The highest BCUT2D eigenvalue weighted by atomic mass is 32.2. The molecule has 0 aromatic heterocycles. The van der Waals surface area contributed by atoms with Crippen molar-refractivity contribution in [1.82, 2.24) is 5.32 Å². The maximum atomic E-state index is 13.0. The second-order valence-electron chi connectivity index (χ2n) is 7.87. The number of amides is 1. The van der Waals surface area contributed by atoms with E-state index >= 15 is 0 Å². The molecule has 13 heteroatoms. The fourth-order valence-corrected chi connectivity index (χ4v) is 4.57. The Hall–Kier alpha value is -3.84. The first-order chi connectivity index (χ1) is 18.0. The Kier molecular flexibility index (Phi) is 8.07. The molecule has 1 fully saturated rings. The van der Waals surface area contributed by atoms with Gasteiger partial charge in [-0.25, -0.2) is 9.38 Å². The van der Waals surface area contributed by atoms with Crippen LogP contribution in [0.25, 0.3) is 6.08 Å². The summed E-state index contributed by atoms with van der Waals surface area (Å²) in [5.41, 5.74) is -3.71. The van der Waals surface area contributed by atoms with Gasteiger partial charge in [0.05, 0.1) is 17.2 Å². The van der Waals surface area contributed by atoms with Crippen LogP contribution in [0.4, 0.5) is 28.9 Å². The van der Waals surface area contributed by atoms with Crippen LogP contribution in [0.15, 0.2) is 82.7 Å². The molecule has 0 bridgehead atoms. The second kappa shape index (κ2) is 11.3. The van der Waals surface area contributed by atoms with Crippen LogP contribution in [0.1, 0.15) is 11.1 Å². The van der Waals surface area contributed by atoms with Crippen molar-refractivity contribution in [2.24, 2.45) is 4.99 Å². The molecule has 38 heavy (non-hydrogen) atoms. The predicted octanol–water partition coefficient (Wildman–Crippen LogP) is 5.60. The maximum Gasteiger partial charge on any atom is 0.516 e. The highest BCUT2D eigenvalue weighted by Crippen LogP contribution is 2.30. The number of halogens is 4. The van der Waals surface area contributed by atoms with E-state index in [4.69, 9.17) is 4.74 Å². The molecule has 0 saturated carbocycles. The summed E-state index contributed by atoms with van der Waals surface area (Å²) in [5, 5.41) is 2.86. The Morgan fingerprint density at radius 1 is 0.974 bits per heavy atom. The van der Waals surface area contributed by atoms with Crippen molar-refractivity contribution in [2.45, 2.75) is 11.9 Å². The van der Waals surface area contributed by atoms with E-state index in [-0.39, 0.29) is 22.6 Å². The largest absolute Gasteiger partial charge is 0.516 e. The lowest BCUT2D eigenvalue weighted by atomic mass is 10.1. The Morgan fingerprint density at radius 3 is 2.26 bits per heavy atom. The number of hydrogen-bond acceptors (Lipinski definition) is 6. The van der Waals surface area contributed by atoms with Crippen molar-refractivity contribution in [2.75, 3.05) is 11.3 Å². The van der Waals surface area contributed by atoms with Gasteiger partial charge in [0.2, 0.25) is 0 Å². The lowest BCUT2D eigenvalue weighted by Crippen LogP contribution is -2.29. The van der Waals surface area contributed by atoms with Crippen molar-refractivity contribution in [3.05, 3.63) is 94.6 Å². The second-order valence-corrected chi connectivity index (χ2v) is 10.6. The van der Waals surface area contributed by atoms with Gasteiger partial charge < -0.3 is 10.1 Å². The van der Waals surface area contributed by atoms with E-state index in [9.17, 15) is 30.8 Å². The number of carbonyl (C=O) groups excluding carboxylic acids is 1. The lowest BCUT2D eigenvalue weighted by molar-refractivity contribution is -0.115. The van der Waals surface area contributed by atoms with Crippen LogP contribution in [0.2, 0.25) is 0 Å². The van der Waals surface area contributed by atoms with Gasteiger partial charge in [0.1, 0.15) is 11.6 Å². The molecule has 7 nitrogen and oxygen atoms in total. The predicted molar refractivity (Wildman–Crippen MR) is 138 cm³/mol. The van der Waals surface area contributed by atoms with Gasteiger partial charge in [0.25, 0.3) is 5.91 Å². The Balaban J connectivity index is 1.34. The highest BCUT2D eigenvalue weighted by molar-refractivity contribution is 8.18. The van der Waals surface area contributed by atoms with E-state index in [0.717, 1.165) is 35.0 Å². The summed E-state index contributed by atoms with van der Waals surface area (Å²) in [4.78, 5) is 16.9. The standard InChI is InChI=1S/C25H19F4N3O4S2/c26-18-5-1-16(2-6-18)13-14-36-21-11-3-17(4-12-21)15-22-23(33)31-24(37-22)30-19-7-9-20(10-8-19)32-38(34,35)25(27,28)29/h1-12,15,32H,13-14H2,(H,30,31,33)/b22-15-. The van der Waals surface area contributed by atoms with E-state index in [1.165, 1.54) is 29.0 Å². The van der Waals surface area contributed by atoms with Crippen LogP contribution in [0.3, 0.4) is 0 Å². The quantitative estimate of drug-likeness (QED) is 0.274. The first-order valence-corrected chi connectivity index (χ1v) is 13.2. The zero-order chi connectivity index (χ0) is 27.3. The summed E-state index contributed by atoms with van der Waals surface area (Å²) < 4.78 is 80.0. The molecule has 198 valence electrons. The molecule has 1 aliphatic rings. The zero-order valence-electron chi connectivity index (χ0n) is 19.3. The number of aliphatic imine (C=N–C) groups is 1. The van der Waals surface area contributed by atoms with Gasteiger partial charge in [-0.2, -0.15) is 21.6 Å². The number of nitrogens with one attached hydrogen (secondary N) is 2. The fourth-order valence-electron chi connectivity index (χ4n) is 3.16. The van der Waals surface area contributed by atoms with Crippen molar-refractivity contribution < 1.29 is 35.5 Å². The summed E-state index contributed by atoms with van der Waals surface area (Å²) in [6, 6.07) is 18.2. The summed E-state index contributed by atoms with van der Waals surface area (Å²) in [5.74, 6) is -0.0233. The van der Waals surface area contributed by atoms with Crippen molar-refractivity contribution in [1.29, 1.82) is 0 Å². The summed E-state index contributed by atoms with van der Waals surface area (Å²) in [6.07, 6.45) is 2.29. The number of thioether (sulfide) groups is 1. The molecule has 1 heterocycles. The molecule has 3 aromatic rings. The number of nitrogens with zero attached hydrogens (tertiary/aromatic N) is 1. The summed E-state index contributed by atoms with van der Waals surface area (Å²) in [7, 11) is -5.52. The molecule has 0 radical (unpaired) electrons. The SMILES string of the molecule is O=C1NC(=Nc2ccc(NS(=O)(=O)C(F)(F)F)cc2)S/C1=C\c1ccc(OCCc2ccc(F)cc2)cc1. The first-order valence-electron chi connectivity index (χ1n) is 10.9. The van der Waals surface area contributed by atoms with Crippen LogP contribution in [-0.4, -0.2) is 31.6 Å². The molecule has 0 unspecified atom stereocenters. The number of alkyl halides is 3. The Bertz CT molecular complexity index is 1470. The fraction of sp³-hybridized carbons (Fsp3) is 0.120. The molecule has 0 spiro atoms. The Labute approximate surface area is 219 Å². The number of hydrogen-bond donors (Lipinski definition) is 2. The van der Waals surface area contributed by atoms with Gasteiger partial charge in [-0.1, -0.05) is 24.3 Å². The van der Waals surface area contributed by atoms with Gasteiger partial charge in [-0.15, -0.1) is 0 Å². The van der Waals surface area contributed by atoms with E-state index in [1.807, 2.05) is 0 Å². The van der Waals surface area contributed by atoms with Gasteiger partial charge in [0, 0.05) is 12.1 Å². The smallest absolute Gasteiger partial charge is 0.493 e. The third kappa shape index (κ3) is 7.13. The zero-order valence-corrected chi connectivity index (χ0v) is 21.0. The molecule has 0 aliphatic carbocycles. The number of ether oxygens (including phenoxy) is 1. The van der Waals surface area contributed by atoms with Crippen molar-refractivity contribution >= 4 is 50.3 Å². The number of sulfonamides is 1. The minimum absolute atomic E-state index is 0.255. The molecule has 3 aromatic carbocycles. The van der Waals surface area contributed by atoms with Gasteiger partial charge in [0.15, 0.2) is 5.17 Å². The number of amidine groups is 1. The number of anilines is 1. The molecule has 0 atom stereocenters. The van der Waals surface area contributed by atoms with E-state index in [1.54, 1.807) is 42.5 Å². The van der Waals surface area contributed by atoms with Crippen LogP contribution in [0.5, 0.6) is 5.75 Å². The molecule has 1 aliphatic heterocycles. The number of rotatable bonds is 8. The summed E-state index contributed by atoms with van der Waals surface area (Å²) >= 11 is 1.07. The van der Waals surface area contributed by atoms with Crippen molar-refractivity contribution in [3.8, 4) is 5.75 Å². The minimum Gasteiger partial charge on any atom is -0.493 e. The number of benzene rings is 3. The summed E-state index contributed by atoms with van der Waals surface area (Å²) in [6.45, 7) is 0.416. The molecule has 1 amide bonds.